The van der Waals surface area contributed by atoms with E-state index < -0.39 is 0 Å². The molecule has 0 aromatic carbocycles. The summed E-state index contributed by atoms with van der Waals surface area (Å²) in [6.07, 6.45) is 9.99. The van der Waals surface area contributed by atoms with Crippen molar-refractivity contribution in [3.8, 4) is 0 Å². The molecule has 5 heteroatoms. The zero-order valence-corrected chi connectivity index (χ0v) is 14.4. The maximum absolute atomic E-state index is 6.08. The van der Waals surface area contributed by atoms with Crippen molar-refractivity contribution in [2.24, 2.45) is 0 Å². The third-order valence-electron chi connectivity index (χ3n) is 4.17. The van der Waals surface area contributed by atoms with Gasteiger partial charge in [0.05, 0.1) is 11.2 Å². The molecule has 0 aliphatic carbocycles. The number of rotatable bonds is 2. The molecule has 0 spiro atoms. The Labute approximate surface area is 133 Å². The fourth-order valence-electron chi connectivity index (χ4n) is 2.21. The molecule has 0 amide bonds. The zero-order chi connectivity index (χ0) is 15.8. The Morgan fingerprint density at radius 3 is 2.24 bits per heavy atom. The van der Waals surface area contributed by atoms with Gasteiger partial charge in [-0.3, -0.25) is 0 Å². The number of hydrogen-bond donors (Lipinski definition) is 0. The van der Waals surface area contributed by atoms with Gasteiger partial charge in [0, 0.05) is 23.1 Å². The minimum Gasteiger partial charge on any atom is -0.399 e. The fourth-order valence-corrected chi connectivity index (χ4v) is 2.32. The maximum Gasteiger partial charge on any atom is 0.496 e. The van der Waals surface area contributed by atoms with Gasteiger partial charge in [-0.05, 0) is 53.1 Å². The van der Waals surface area contributed by atoms with Gasteiger partial charge < -0.3 is 14.2 Å². The molecule has 0 radical (unpaired) electrons. The van der Waals surface area contributed by atoms with Crippen LogP contribution in [-0.4, -0.2) is 23.2 Å². The average molecular weight is 308 g/mol. The molecule has 1 fully saturated rings. The summed E-state index contributed by atoms with van der Waals surface area (Å²) in [5.74, 6) is 0. The van der Waals surface area contributed by atoms with Crippen LogP contribution < -0.4 is 0 Å². The van der Waals surface area contributed by atoms with Gasteiger partial charge in [-0.1, -0.05) is 23.8 Å². The minimum atomic E-state index is -0.365. The predicted octanol–water partition coefficient (Wildman–Crippen LogP) is 4.38. The van der Waals surface area contributed by atoms with Gasteiger partial charge in [-0.15, -0.1) is 0 Å². The van der Waals surface area contributed by atoms with E-state index in [0.717, 1.165) is 11.2 Å². The molecular weight excluding hydrogens is 284 g/mol. The van der Waals surface area contributed by atoms with Crippen molar-refractivity contribution in [1.82, 2.24) is 4.90 Å². The summed E-state index contributed by atoms with van der Waals surface area (Å²) in [4.78, 5) is 1.99. The van der Waals surface area contributed by atoms with E-state index >= 15 is 0 Å². The van der Waals surface area contributed by atoms with E-state index in [2.05, 4.69) is 27.7 Å². The SMILES string of the molecule is CC=C1C=CC(B2OC(C)(C)C(C)(C)O2)=CN1/C=C(\C)Cl. The Morgan fingerprint density at radius 2 is 1.76 bits per heavy atom. The summed E-state index contributed by atoms with van der Waals surface area (Å²) in [5, 5.41) is 0.717. The first-order chi connectivity index (χ1) is 9.66. The van der Waals surface area contributed by atoms with Crippen LogP contribution in [0.4, 0.5) is 0 Å². The van der Waals surface area contributed by atoms with E-state index in [4.69, 9.17) is 20.9 Å². The van der Waals surface area contributed by atoms with Gasteiger partial charge in [0.1, 0.15) is 0 Å². The van der Waals surface area contributed by atoms with E-state index in [0.29, 0.717) is 5.03 Å². The molecule has 0 saturated carbocycles. The molecule has 3 nitrogen and oxygen atoms in total. The summed E-state index contributed by atoms with van der Waals surface area (Å²) in [6, 6.07) is 0. The highest BCUT2D eigenvalue weighted by Crippen LogP contribution is 2.39. The van der Waals surface area contributed by atoms with Gasteiger partial charge in [-0.25, -0.2) is 0 Å². The highest BCUT2D eigenvalue weighted by Gasteiger charge is 2.52. The largest absolute Gasteiger partial charge is 0.496 e. The van der Waals surface area contributed by atoms with E-state index in [1.54, 1.807) is 0 Å². The van der Waals surface area contributed by atoms with Crippen LogP contribution in [0.5, 0.6) is 0 Å². The lowest BCUT2D eigenvalue weighted by molar-refractivity contribution is 0.00578. The highest BCUT2D eigenvalue weighted by molar-refractivity contribution is 6.55. The van der Waals surface area contributed by atoms with Crippen molar-refractivity contribution in [1.29, 1.82) is 0 Å². The summed E-state index contributed by atoms with van der Waals surface area (Å²) in [5.41, 5.74) is 1.37. The standard InChI is InChI=1S/C16H23BClNO2/c1-7-14-9-8-13(11-19(14)10-12(2)18)17-20-15(3,4)16(5,6)21-17/h7-11H,1-6H3/b12-10+,14-7?. The van der Waals surface area contributed by atoms with E-state index in [9.17, 15) is 0 Å². The first kappa shape index (κ1) is 16.4. The van der Waals surface area contributed by atoms with Crippen LogP contribution in [0.15, 0.2) is 46.8 Å². The Bertz CT molecular complexity index is 526. The number of allylic oxidation sites excluding steroid dienone is 5. The van der Waals surface area contributed by atoms with Gasteiger partial charge in [0.15, 0.2) is 0 Å². The molecule has 0 N–H and O–H groups in total. The first-order valence-electron chi connectivity index (χ1n) is 7.20. The summed E-state index contributed by atoms with van der Waals surface area (Å²) in [7, 11) is -0.365. The van der Waals surface area contributed by atoms with Gasteiger partial charge in [-0.2, -0.15) is 0 Å². The molecule has 0 bridgehead atoms. The van der Waals surface area contributed by atoms with Crippen LogP contribution in [0.1, 0.15) is 41.5 Å². The highest BCUT2D eigenvalue weighted by atomic mass is 35.5. The fraction of sp³-hybridized carbons (Fsp3) is 0.500. The van der Waals surface area contributed by atoms with Crippen LogP contribution in [-0.2, 0) is 9.31 Å². The molecule has 0 unspecified atom stereocenters. The second-order valence-electron chi connectivity index (χ2n) is 6.39. The van der Waals surface area contributed by atoms with E-state index in [1.807, 2.05) is 49.4 Å². The normalized spacial score (nSPS) is 26.5. The van der Waals surface area contributed by atoms with Gasteiger partial charge in [0.2, 0.25) is 0 Å². The molecule has 2 rings (SSSR count). The zero-order valence-electron chi connectivity index (χ0n) is 13.6. The Balaban J connectivity index is 2.28. The third-order valence-corrected chi connectivity index (χ3v) is 4.27. The Kier molecular flexibility index (Phi) is 4.43. The van der Waals surface area contributed by atoms with Crippen LogP contribution in [0.2, 0.25) is 0 Å². The van der Waals surface area contributed by atoms with Crippen molar-refractivity contribution in [3.05, 3.63) is 46.8 Å². The summed E-state index contributed by atoms with van der Waals surface area (Å²) >= 11 is 6.01. The van der Waals surface area contributed by atoms with Crippen molar-refractivity contribution in [3.63, 3.8) is 0 Å². The second kappa shape index (κ2) is 5.67. The predicted molar refractivity (Wildman–Crippen MR) is 88.5 cm³/mol. The Hall–Kier alpha value is -0.965. The molecule has 0 aromatic rings. The Morgan fingerprint density at radius 1 is 1.19 bits per heavy atom. The lowest BCUT2D eigenvalue weighted by atomic mass is 9.77. The lowest BCUT2D eigenvalue weighted by Gasteiger charge is -2.32. The van der Waals surface area contributed by atoms with Crippen LogP contribution in [0.25, 0.3) is 0 Å². The molecule has 114 valence electrons. The summed E-state index contributed by atoms with van der Waals surface area (Å²) < 4.78 is 12.2. The second-order valence-corrected chi connectivity index (χ2v) is 6.98. The lowest BCUT2D eigenvalue weighted by Crippen LogP contribution is -2.41. The van der Waals surface area contributed by atoms with Gasteiger partial charge in [0.25, 0.3) is 0 Å². The quantitative estimate of drug-likeness (QED) is 0.707. The maximum atomic E-state index is 6.08. The molecule has 21 heavy (non-hydrogen) atoms. The molecule has 2 aliphatic heterocycles. The molecule has 2 heterocycles. The smallest absolute Gasteiger partial charge is 0.399 e. The number of halogens is 1. The van der Waals surface area contributed by atoms with E-state index in [-0.39, 0.29) is 18.3 Å². The van der Waals surface area contributed by atoms with Gasteiger partial charge >= 0.3 is 7.12 Å². The van der Waals surface area contributed by atoms with Crippen molar-refractivity contribution < 1.29 is 9.31 Å². The minimum absolute atomic E-state index is 0.337. The summed E-state index contributed by atoms with van der Waals surface area (Å²) in [6.45, 7) is 12.1. The van der Waals surface area contributed by atoms with Crippen molar-refractivity contribution in [2.75, 3.05) is 0 Å². The first-order valence-corrected chi connectivity index (χ1v) is 7.58. The van der Waals surface area contributed by atoms with Crippen LogP contribution >= 0.6 is 11.6 Å². The van der Waals surface area contributed by atoms with Crippen LogP contribution in [0, 0.1) is 0 Å². The number of hydrogen-bond acceptors (Lipinski definition) is 3. The molecular formula is C16H23BClNO2. The van der Waals surface area contributed by atoms with Crippen molar-refractivity contribution in [2.45, 2.75) is 52.7 Å². The topological polar surface area (TPSA) is 21.7 Å². The number of nitrogens with zero attached hydrogens (tertiary/aromatic N) is 1. The van der Waals surface area contributed by atoms with Crippen molar-refractivity contribution >= 4 is 18.7 Å². The molecule has 2 aliphatic rings. The molecule has 1 saturated heterocycles. The van der Waals surface area contributed by atoms with E-state index in [1.165, 1.54) is 0 Å². The van der Waals surface area contributed by atoms with Crippen LogP contribution in [0.3, 0.4) is 0 Å². The third kappa shape index (κ3) is 3.28. The molecule has 0 atom stereocenters. The monoisotopic (exact) mass is 307 g/mol. The molecule has 0 aromatic heterocycles. The average Bonchev–Trinajstić information content (AvgIpc) is 2.57.